The number of rotatable bonds is 10. The maximum Gasteiger partial charge on any atom is 0.0671 e. The molecule has 6 aromatic rings. The Balaban J connectivity index is 1.33. The van der Waals surface area contributed by atoms with Gasteiger partial charge in [-0.2, -0.15) is 0 Å². The van der Waals surface area contributed by atoms with Crippen LogP contribution in [0, 0.1) is 13.8 Å². The molecule has 0 radical (unpaired) electrons. The van der Waals surface area contributed by atoms with E-state index in [1.807, 2.05) is 0 Å². The monoisotopic (exact) mass is 668 g/mol. The van der Waals surface area contributed by atoms with Gasteiger partial charge in [-0.15, -0.1) is 0 Å². The van der Waals surface area contributed by atoms with E-state index in [1.54, 1.807) is 0 Å². The van der Waals surface area contributed by atoms with Crippen molar-refractivity contribution in [3.63, 3.8) is 0 Å². The Morgan fingerprint density at radius 2 is 0.784 bits per heavy atom. The number of hydrogen-bond acceptors (Lipinski definition) is 2. The molecular weight excluding hydrogens is 617 g/mol. The second kappa shape index (κ2) is 13.2. The van der Waals surface area contributed by atoms with E-state index < -0.39 is 0 Å². The van der Waals surface area contributed by atoms with Gasteiger partial charge < -0.3 is 9.80 Å². The number of hydrogen-bond donors (Lipinski definition) is 0. The average Bonchev–Trinajstić information content (AvgIpc) is 3.39. The number of aryl methyl sites for hydroxylation is 2. The normalized spacial score (nSPS) is 15.3. The van der Waals surface area contributed by atoms with Crippen LogP contribution >= 0.6 is 0 Å². The molecule has 0 spiro atoms. The first kappa shape index (κ1) is 34.4. The van der Waals surface area contributed by atoms with Crippen molar-refractivity contribution in [2.75, 3.05) is 9.80 Å². The molecule has 0 bridgehead atoms. The van der Waals surface area contributed by atoms with Crippen LogP contribution in [0.2, 0.25) is 0 Å². The van der Waals surface area contributed by atoms with Crippen LogP contribution in [0.1, 0.15) is 87.8 Å². The highest BCUT2D eigenvalue weighted by atomic mass is 15.2. The molecule has 6 aromatic carbocycles. The number of fused-ring (bicyclic) bond motifs is 3. The number of anilines is 4. The standard InChI is InChI=1S/C49H52N2/c1-9-48(7,50(39-17-13-11-14-18-39)41-27-21-35(3)22-28-41)37-25-31-43-44-32-26-38(34-46(44)47(5,6)45(43)33-37)49(8,10-2)51(40-19-15-12-16-20-40)42-29-23-36(4)24-30-42/h11-34H,9-10H2,1-8H3. The third-order valence-electron chi connectivity index (χ3n) is 11.9. The first-order valence-corrected chi connectivity index (χ1v) is 18.7. The van der Waals surface area contributed by atoms with Gasteiger partial charge in [0.15, 0.2) is 0 Å². The summed E-state index contributed by atoms with van der Waals surface area (Å²) in [5, 5.41) is 0. The van der Waals surface area contributed by atoms with E-state index in [1.165, 1.54) is 67.3 Å². The van der Waals surface area contributed by atoms with Gasteiger partial charge in [-0.05, 0) is 122 Å². The van der Waals surface area contributed by atoms with Crippen molar-refractivity contribution >= 4 is 22.7 Å². The van der Waals surface area contributed by atoms with Crippen LogP contribution in [0.25, 0.3) is 11.1 Å². The third-order valence-corrected chi connectivity index (χ3v) is 11.9. The first-order chi connectivity index (χ1) is 24.5. The molecule has 0 amide bonds. The first-order valence-electron chi connectivity index (χ1n) is 18.7. The van der Waals surface area contributed by atoms with Gasteiger partial charge in [0.1, 0.15) is 0 Å². The molecule has 2 nitrogen and oxygen atoms in total. The second-order valence-corrected chi connectivity index (χ2v) is 15.4. The van der Waals surface area contributed by atoms with E-state index in [0.717, 1.165) is 12.8 Å². The van der Waals surface area contributed by atoms with Gasteiger partial charge >= 0.3 is 0 Å². The number of benzene rings is 6. The van der Waals surface area contributed by atoms with Gasteiger partial charge in [-0.1, -0.05) is 136 Å². The van der Waals surface area contributed by atoms with Crippen LogP contribution in [0.15, 0.2) is 146 Å². The Morgan fingerprint density at radius 1 is 0.451 bits per heavy atom. The van der Waals surface area contributed by atoms with Crippen molar-refractivity contribution in [2.24, 2.45) is 0 Å². The van der Waals surface area contributed by atoms with Crippen LogP contribution in [0.5, 0.6) is 0 Å². The zero-order chi connectivity index (χ0) is 36.0. The topological polar surface area (TPSA) is 6.48 Å². The fourth-order valence-electron chi connectivity index (χ4n) is 8.37. The Bertz CT molecular complexity index is 1980. The summed E-state index contributed by atoms with van der Waals surface area (Å²) in [5.74, 6) is 0. The molecule has 0 fully saturated rings. The van der Waals surface area contributed by atoms with E-state index in [4.69, 9.17) is 0 Å². The summed E-state index contributed by atoms with van der Waals surface area (Å²) in [6.45, 7) is 18.6. The van der Waals surface area contributed by atoms with Crippen LogP contribution in [-0.2, 0) is 16.5 Å². The minimum atomic E-state index is -0.271. The lowest BCUT2D eigenvalue weighted by atomic mass is 9.77. The van der Waals surface area contributed by atoms with Gasteiger partial charge in [-0.3, -0.25) is 0 Å². The maximum absolute atomic E-state index is 2.54. The minimum absolute atomic E-state index is 0.164. The highest BCUT2D eigenvalue weighted by molar-refractivity contribution is 5.82. The number of para-hydroxylation sites is 2. The summed E-state index contributed by atoms with van der Waals surface area (Å²) in [7, 11) is 0. The van der Waals surface area contributed by atoms with E-state index >= 15 is 0 Å². The third kappa shape index (κ3) is 5.85. The van der Waals surface area contributed by atoms with Crippen LogP contribution in [0.4, 0.5) is 22.7 Å². The summed E-state index contributed by atoms with van der Waals surface area (Å²) in [6.07, 6.45) is 1.91. The maximum atomic E-state index is 2.54. The lowest BCUT2D eigenvalue weighted by molar-refractivity contribution is 0.461. The van der Waals surface area contributed by atoms with Gasteiger partial charge in [0.2, 0.25) is 0 Å². The summed E-state index contributed by atoms with van der Waals surface area (Å²) < 4.78 is 0. The lowest BCUT2D eigenvalue weighted by Gasteiger charge is -2.44. The SMILES string of the molecule is CCC(C)(c1ccc2c(c1)C(C)(C)c1cc(C(C)(CC)N(c3ccccc3)c3ccc(C)cc3)ccc1-2)N(c1ccccc1)c1ccc(C)cc1. The number of nitrogens with zero attached hydrogens (tertiary/aromatic N) is 2. The molecule has 0 heterocycles. The molecule has 1 aliphatic carbocycles. The van der Waals surface area contributed by atoms with Crippen molar-refractivity contribution in [3.05, 3.63) is 179 Å². The molecule has 0 aliphatic heterocycles. The molecule has 0 saturated heterocycles. The molecule has 51 heavy (non-hydrogen) atoms. The smallest absolute Gasteiger partial charge is 0.0671 e. The van der Waals surface area contributed by atoms with Crippen molar-refractivity contribution in [3.8, 4) is 11.1 Å². The largest absolute Gasteiger partial charge is 0.331 e. The van der Waals surface area contributed by atoms with Crippen LogP contribution in [0.3, 0.4) is 0 Å². The van der Waals surface area contributed by atoms with E-state index in [0.29, 0.717) is 0 Å². The minimum Gasteiger partial charge on any atom is -0.331 e. The van der Waals surface area contributed by atoms with E-state index in [2.05, 4.69) is 211 Å². The van der Waals surface area contributed by atoms with Crippen LogP contribution in [-0.4, -0.2) is 0 Å². The Morgan fingerprint density at radius 3 is 1.12 bits per heavy atom. The predicted molar refractivity (Wildman–Crippen MR) is 219 cm³/mol. The molecule has 2 heteroatoms. The lowest BCUT2D eigenvalue weighted by Crippen LogP contribution is -2.41. The molecular formula is C49H52N2. The highest BCUT2D eigenvalue weighted by Gasteiger charge is 2.41. The highest BCUT2D eigenvalue weighted by Crippen LogP contribution is 2.53. The molecule has 0 saturated carbocycles. The molecule has 7 rings (SSSR count). The van der Waals surface area contributed by atoms with E-state index in [9.17, 15) is 0 Å². The zero-order valence-corrected chi connectivity index (χ0v) is 31.7. The molecule has 0 aromatic heterocycles. The molecule has 1 aliphatic rings. The summed E-state index contributed by atoms with van der Waals surface area (Å²) >= 11 is 0. The quantitative estimate of drug-likeness (QED) is 0.143. The van der Waals surface area contributed by atoms with Gasteiger partial charge in [-0.25, -0.2) is 0 Å². The fraction of sp³-hybridized carbons (Fsp3) is 0.265. The van der Waals surface area contributed by atoms with Gasteiger partial charge in [0.05, 0.1) is 11.1 Å². The predicted octanol–water partition coefficient (Wildman–Crippen LogP) is 13.5. The molecule has 2 unspecified atom stereocenters. The van der Waals surface area contributed by atoms with Crippen molar-refractivity contribution in [1.29, 1.82) is 0 Å². The zero-order valence-electron chi connectivity index (χ0n) is 31.7. The van der Waals surface area contributed by atoms with Gasteiger partial charge in [0.25, 0.3) is 0 Å². The van der Waals surface area contributed by atoms with Crippen molar-refractivity contribution in [2.45, 2.75) is 84.7 Å². The van der Waals surface area contributed by atoms with E-state index in [-0.39, 0.29) is 16.5 Å². The molecule has 258 valence electrons. The second-order valence-electron chi connectivity index (χ2n) is 15.4. The molecule has 2 atom stereocenters. The summed E-state index contributed by atoms with van der Waals surface area (Å²) in [5.41, 5.74) is 14.8. The Hall–Kier alpha value is -5.08. The Labute approximate surface area is 306 Å². The fourth-order valence-corrected chi connectivity index (χ4v) is 8.37. The summed E-state index contributed by atoms with van der Waals surface area (Å²) in [6, 6.07) is 54.3. The Kier molecular flexibility index (Phi) is 8.92. The molecule has 0 N–H and O–H groups in total. The average molecular weight is 669 g/mol. The van der Waals surface area contributed by atoms with Crippen LogP contribution < -0.4 is 9.80 Å². The van der Waals surface area contributed by atoms with Crippen molar-refractivity contribution < 1.29 is 0 Å². The van der Waals surface area contributed by atoms with Crippen molar-refractivity contribution in [1.82, 2.24) is 0 Å². The summed E-state index contributed by atoms with van der Waals surface area (Å²) in [4.78, 5) is 5.08. The van der Waals surface area contributed by atoms with Gasteiger partial charge in [0, 0.05) is 28.2 Å².